The lowest BCUT2D eigenvalue weighted by Gasteiger charge is -2.09. The van der Waals surface area contributed by atoms with E-state index in [-0.39, 0.29) is 0 Å². The zero-order valence-corrected chi connectivity index (χ0v) is 14.8. The van der Waals surface area contributed by atoms with Gasteiger partial charge in [-0.15, -0.1) is 22.7 Å². The first-order chi connectivity index (χ1) is 9.94. The van der Waals surface area contributed by atoms with Crippen molar-refractivity contribution in [2.75, 3.05) is 6.54 Å². The highest BCUT2D eigenvalue weighted by atomic mass is 32.2. The Morgan fingerprint density at radius 2 is 1.95 bits per heavy atom. The molecule has 0 atom stereocenters. The number of hydrogen-bond acceptors (Lipinski definition) is 5. The maximum absolute atomic E-state index is 12.6. The van der Waals surface area contributed by atoms with Crippen LogP contribution in [0.1, 0.15) is 27.1 Å². The van der Waals surface area contributed by atoms with E-state index in [4.69, 9.17) is 0 Å². The summed E-state index contributed by atoms with van der Waals surface area (Å²) in [6.45, 7) is 7.61. The summed E-state index contributed by atoms with van der Waals surface area (Å²) in [5, 5.41) is 5.09. The maximum Gasteiger partial charge on any atom is 0.242 e. The largest absolute Gasteiger partial charge is 0.312 e. The van der Waals surface area contributed by atoms with Crippen LogP contribution in [-0.4, -0.2) is 15.0 Å². The molecule has 21 heavy (non-hydrogen) atoms. The molecule has 0 fully saturated rings. The summed E-state index contributed by atoms with van der Waals surface area (Å²) in [6, 6.07) is 3.96. The average Bonchev–Trinajstić information content (AvgIpc) is 3.00. The highest BCUT2D eigenvalue weighted by molar-refractivity contribution is 7.89. The SMILES string of the molecule is CCNCc1scc(C)c1S(=O)(=O)NCc1ccc(C)s1. The minimum atomic E-state index is -3.47. The molecule has 0 aromatic carbocycles. The van der Waals surface area contributed by atoms with E-state index in [1.54, 1.807) is 11.3 Å². The zero-order valence-electron chi connectivity index (χ0n) is 12.4. The molecule has 2 rings (SSSR count). The third kappa shape index (κ3) is 4.14. The molecule has 0 amide bonds. The Balaban J connectivity index is 2.17. The van der Waals surface area contributed by atoms with E-state index in [1.807, 2.05) is 38.3 Å². The zero-order chi connectivity index (χ0) is 15.5. The molecule has 0 spiro atoms. The summed E-state index contributed by atoms with van der Waals surface area (Å²) >= 11 is 3.10. The molecule has 7 heteroatoms. The Kier molecular flexibility index (Phi) is 5.56. The number of hydrogen-bond donors (Lipinski definition) is 2. The second kappa shape index (κ2) is 7.02. The van der Waals surface area contributed by atoms with E-state index < -0.39 is 10.0 Å². The van der Waals surface area contributed by atoms with Crippen LogP contribution in [0.2, 0.25) is 0 Å². The lowest BCUT2D eigenvalue weighted by molar-refractivity contribution is 0.579. The van der Waals surface area contributed by atoms with Gasteiger partial charge in [0.25, 0.3) is 0 Å². The van der Waals surface area contributed by atoms with Crippen molar-refractivity contribution in [3.05, 3.63) is 37.7 Å². The molecule has 0 radical (unpaired) electrons. The summed E-state index contributed by atoms with van der Waals surface area (Å²) in [6.07, 6.45) is 0. The van der Waals surface area contributed by atoms with Crippen molar-refractivity contribution in [1.82, 2.24) is 10.0 Å². The normalized spacial score (nSPS) is 12.0. The smallest absolute Gasteiger partial charge is 0.242 e. The average molecular weight is 345 g/mol. The van der Waals surface area contributed by atoms with Gasteiger partial charge >= 0.3 is 0 Å². The fourth-order valence-electron chi connectivity index (χ4n) is 2.03. The first-order valence-electron chi connectivity index (χ1n) is 6.76. The molecule has 2 aromatic heterocycles. The minimum absolute atomic E-state index is 0.344. The van der Waals surface area contributed by atoms with E-state index in [1.165, 1.54) is 16.2 Å². The first kappa shape index (κ1) is 16.6. The molecule has 0 saturated heterocycles. The minimum Gasteiger partial charge on any atom is -0.312 e. The van der Waals surface area contributed by atoms with Gasteiger partial charge in [0.2, 0.25) is 10.0 Å². The molecule has 4 nitrogen and oxygen atoms in total. The van der Waals surface area contributed by atoms with Crippen LogP contribution in [0.4, 0.5) is 0 Å². The topological polar surface area (TPSA) is 58.2 Å². The Hall–Kier alpha value is -0.730. The number of thiophene rings is 2. The number of nitrogens with one attached hydrogen (secondary N) is 2. The summed E-state index contributed by atoms with van der Waals surface area (Å²) < 4.78 is 27.8. The van der Waals surface area contributed by atoms with Gasteiger partial charge in [0, 0.05) is 27.7 Å². The molecule has 0 aliphatic rings. The summed E-state index contributed by atoms with van der Waals surface area (Å²) in [5.41, 5.74) is 0.808. The molecule has 2 heterocycles. The van der Waals surface area contributed by atoms with Crippen molar-refractivity contribution in [2.24, 2.45) is 0 Å². The van der Waals surface area contributed by atoms with Gasteiger partial charge < -0.3 is 5.32 Å². The van der Waals surface area contributed by atoms with Crippen molar-refractivity contribution in [2.45, 2.75) is 38.8 Å². The second-order valence-corrected chi connectivity index (χ2v) is 8.83. The molecule has 2 aromatic rings. The molecular weight excluding hydrogens is 324 g/mol. The van der Waals surface area contributed by atoms with Crippen molar-refractivity contribution >= 4 is 32.7 Å². The Morgan fingerprint density at radius 3 is 2.57 bits per heavy atom. The first-order valence-corrected chi connectivity index (χ1v) is 9.94. The summed E-state index contributed by atoms with van der Waals surface area (Å²) in [4.78, 5) is 3.51. The molecule has 0 aliphatic heterocycles. The fraction of sp³-hybridized carbons (Fsp3) is 0.429. The van der Waals surface area contributed by atoms with Crippen LogP contribution in [0.25, 0.3) is 0 Å². The summed E-state index contributed by atoms with van der Waals surface area (Å²) in [5.74, 6) is 0. The highest BCUT2D eigenvalue weighted by Gasteiger charge is 2.22. The van der Waals surface area contributed by atoms with E-state index in [0.717, 1.165) is 21.9 Å². The number of sulfonamides is 1. The molecule has 0 bridgehead atoms. The quantitative estimate of drug-likeness (QED) is 0.812. The Labute approximate surface area is 134 Å². The number of rotatable bonds is 7. The van der Waals surface area contributed by atoms with Crippen LogP contribution >= 0.6 is 22.7 Å². The van der Waals surface area contributed by atoms with Crippen LogP contribution in [0.3, 0.4) is 0 Å². The van der Waals surface area contributed by atoms with Crippen LogP contribution < -0.4 is 10.0 Å². The molecular formula is C14H20N2O2S3. The third-order valence-corrected chi connectivity index (χ3v) is 6.89. The van der Waals surface area contributed by atoms with Crippen molar-refractivity contribution in [3.63, 3.8) is 0 Å². The van der Waals surface area contributed by atoms with Gasteiger partial charge in [0.1, 0.15) is 4.90 Å². The standard InChI is InChI=1S/C14H20N2O2S3/c1-4-15-8-13-14(10(2)9-19-13)21(17,18)16-7-12-6-5-11(3)20-12/h5-6,9,15-16H,4,7-8H2,1-3H3. The molecule has 0 unspecified atom stereocenters. The monoisotopic (exact) mass is 344 g/mol. The van der Waals surface area contributed by atoms with Gasteiger partial charge in [-0.25, -0.2) is 13.1 Å². The summed E-state index contributed by atoms with van der Waals surface area (Å²) in [7, 11) is -3.47. The maximum atomic E-state index is 12.6. The predicted octanol–water partition coefficient (Wildman–Crippen LogP) is 3.01. The van der Waals surface area contributed by atoms with Crippen molar-refractivity contribution in [3.8, 4) is 0 Å². The third-order valence-electron chi connectivity index (χ3n) is 3.03. The van der Waals surface area contributed by atoms with Crippen LogP contribution in [0.5, 0.6) is 0 Å². The Bertz CT molecular complexity index is 702. The van der Waals surface area contributed by atoms with E-state index in [2.05, 4.69) is 10.0 Å². The van der Waals surface area contributed by atoms with Crippen LogP contribution in [-0.2, 0) is 23.1 Å². The molecule has 0 aliphatic carbocycles. The van der Waals surface area contributed by atoms with E-state index >= 15 is 0 Å². The van der Waals surface area contributed by atoms with E-state index in [9.17, 15) is 8.42 Å². The highest BCUT2D eigenvalue weighted by Crippen LogP contribution is 2.27. The molecule has 116 valence electrons. The van der Waals surface area contributed by atoms with Crippen molar-refractivity contribution < 1.29 is 8.42 Å². The molecule has 2 N–H and O–H groups in total. The second-order valence-electron chi connectivity index (χ2n) is 4.79. The van der Waals surface area contributed by atoms with Gasteiger partial charge in [0.15, 0.2) is 0 Å². The van der Waals surface area contributed by atoms with Gasteiger partial charge in [-0.1, -0.05) is 6.92 Å². The Morgan fingerprint density at radius 1 is 1.19 bits per heavy atom. The van der Waals surface area contributed by atoms with Gasteiger partial charge in [-0.05, 0) is 43.5 Å². The van der Waals surface area contributed by atoms with Crippen molar-refractivity contribution in [1.29, 1.82) is 0 Å². The van der Waals surface area contributed by atoms with Crippen LogP contribution in [0, 0.1) is 13.8 Å². The lowest BCUT2D eigenvalue weighted by Crippen LogP contribution is -2.25. The van der Waals surface area contributed by atoms with Gasteiger partial charge in [-0.2, -0.15) is 0 Å². The van der Waals surface area contributed by atoms with Gasteiger partial charge in [-0.3, -0.25) is 0 Å². The lowest BCUT2D eigenvalue weighted by atomic mass is 10.3. The number of aryl methyl sites for hydroxylation is 2. The van der Waals surface area contributed by atoms with Gasteiger partial charge in [0.05, 0.1) is 0 Å². The fourth-order valence-corrected chi connectivity index (χ4v) is 5.73. The predicted molar refractivity (Wildman–Crippen MR) is 89.5 cm³/mol. The van der Waals surface area contributed by atoms with E-state index in [0.29, 0.717) is 18.0 Å². The van der Waals surface area contributed by atoms with Crippen LogP contribution in [0.15, 0.2) is 22.4 Å². The molecule has 0 saturated carbocycles.